The van der Waals surface area contributed by atoms with Crippen molar-refractivity contribution in [3.05, 3.63) is 29.8 Å². The van der Waals surface area contributed by atoms with E-state index in [4.69, 9.17) is 0 Å². The molecule has 1 aliphatic carbocycles. The Morgan fingerprint density at radius 1 is 1.10 bits per heavy atom. The SMILES string of the molecule is CC1CCCCCC1.CCN1C(=O)Cc2ccccc21. The van der Waals surface area contributed by atoms with Gasteiger partial charge >= 0.3 is 0 Å². The Morgan fingerprint density at radius 2 is 1.75 bits per heavy atom. The zero-order chi connectivity index (χ0) is 14.4. The fourth-order valence-corrected chi connectivity index (χ4v) is 3.15. The molecule has 0 saturated heterocycles. The number of likely N-dealkylation sites (N-methyl/N-ethyl adjacent to an activating group) is 1. The number of fused-ring (bicyclic) bond motifs is 1. The highest BCUT2D eigenvalue weighted by atomic mass is 16.2. The number of rotatable bonds is 1. The number of nitrogens with zero attached hydrogens (tertiary/aromatic N) is 1. The molecule has 3 rings (SSSR count). The van der Waals surface area contributed by atoms with Crippen LogP contribution in [0, 0.1) is 5.92 Å². The quantitative estimate of drug-likeness (QED) is 0.686. The first-order chi connectivity index (χ1) is 9.72. The monoisotopic (exact) mass is 273 g/mol. The van der Waals surface area contributed by atoms with Gasteiger partial charge in [0, 0.05) is 12.2 Å². The maximum absolute atomic E-state index is 11.4. The molecule has 1 heterocycles. The van der Waals surface area contributed by atoms with Crippen LogP contribution in [0.2, 0.25) is 0 Å². The molecule has 2 nitrogen and oxygen atoms in total. The third-order valence-corrected chi connectivity index (χ3v) is 4.39. The zero-order valence-corrected chi connectivity index (χ0v) is 12.9. The first kappa shape index (κ1) is 15.1. The van der Waals surface area contributed by atoms with Crippen LogP contribution in [0.25, 0.3) is 0 Å². The summed E-state index contributed by atoms with van der Waals surface area (Å²) < 4.78 is 0. The van der Waals surface area contributed by atoms with E-state index in [1.165, 1.54) is 38.5 Å². The highest BCUT2D eigenvalue weighted by Gasteiger charge is 2.24. The van der Waals surface area contributed by atoms with Crippen molar-refractivity contribution in [2.75, 3.05) is 11.4 Å². The second-order valence-electron chi connectivity index (χ2n) is 6.04. The highest BCUT2D eigenvalue weighted by molar-refractivity contribution is 6.01. The lowest BCUT2D eigenvalue weighted by atomic mass is 10.0. The van der Waals surface area contributed by atoms with Crippen LogP contribution in [0.3, 0.4) is 0 Å². The maximum atomic E-state index is 11.4. The van der Waals surface area contributed by atoms with E-state index in [0.717, 1.165) is 23.7 Å². The van der Waals surface area contributed by atoms with Crippen LogP contribution in [0.15, 0.2) is 24.3 Å². The predicted molar refractivity (Wildman–Crippen MR) is 85.0 cm³/mol. The van der Waals surface area contributed by atoms with Gasteiger partial charge in [-0.1, -0.05) is 63.6 Å². The Balaban J connectivity index is 0.000000160. The van der Waals surface area contributed by atoms with Crippen molar-refractivity contribution in [1.29, 1.82) is 0 Å². The highest BCUT2D eigenvalue weighted by Crippen LogP contribution is 2.27. The minimum Gasteiger partial charge on any atom is -0.312 e. The molecule has 20 heavy (non-hydrogen) atoms. The summed E-state index contributed by atoms with van der Waals surface area (Å²) in [5, 5.41) is 0. The third-order valence-electron chi connectivity index (χ3n) is 4.39. The molecule has 0 bridgehead atoms. The minimum absolute atomic E-state index is 0.221. The van der Waals surface area contributed by atoms with Gasteiger partial charge in [0.05, 0.1) is 6.42 Å². The smallest absolute Gasteiger partial charge is 0.231 e. The van der Waals surface area contributed by atoms with Crippen molar-refractivity contribution in [3.8, 4) is 0 Å². The Morgan fingerprint density at radius 3 is 2.40 bits per heavy atom. The van der Waals surface area contributed by atoms with Gasteiger partial charge in [0.25, 0.3) is 0 Å². The molecule has 1 aromatic rings. The van der Waals surface area contributed by atoms with Gasteiger partial charge in [0.1, 0.15) is 0 Å². The molecule has 0 N–H and O–H groups in total. The number of hydrogen-bond donors (Lipinski definition) is 0. The largest absolute Gasteiger partial charge is 0.312 e. The van der Waals surface area contributed by atoms with Crippen LogP contribution in [0.1, 0.15) is 57.9 Å². The van der Waals surface area contributed by atoms with Gasteiger partial charge < -0.3 is 4.90 Å². The van der Waals surface area contributed by atoms with Crippen molar-refractivity contribution in [2.24, 2.45) is 5.92 Å². The van der Waals surface area contributed by atoms with Crippen molar-refractivity contribution >= 4 is 11.6 Å². The molecule has 2 heteroatoms. The average Bonchev–Trinajstić information content (AvgIpc) is 2.60. The summed E-state index contributed by atoms with van der Waals surface area (Å²) in [5.41, 5.74) is 2.24. The summed E-state index contributed by atoms with van der Waals surface area (Å²) in [6.45, 7) is 5.15. The number of anilines is 1. The van der Waals surface area contributed by atoms with Crippen molar-refractivity contribution in [1.82, 2.24) is 0 Å². The van der Waals surface area contributed by atoms with Crippen LogP contribution in [-0.2, 0) is 11.2 Å². The fourth-order valence-electron chi connectivity index (χ4n) is 3.15. The van der Waals surface area contributed by atoms with E-state index in [9.17, 15) is 4.79 Å². The standard InChI is InChI=1S/C10H11NO.C8H16/c1-2-11-9-6-4-3-5-8(9)7-10(11)12;1-8-6-4-2-3-5-7-8/h3-6H,2,7H2,1H3;8H,2-7H2,1H3. The lowest BCUT2D eigenvalue weighted by Gasteiger charge is -2.13. The van der Waals surface area contributed by atoms with Crippen LogP contribution in [0.5, 0.6) is 0 Å². The molecule has 110 valence electrons. The van der Waals surface area contributed by atoms with Gasteiger partial charge in [-0.15, -0.1) is 0 Å². The van der Waals surface area contributed by atoms with Gasteiger partial charge in [0.15, 0.2) is 0 Å². The van der Waals surface area contributed by atoms with E-state index in [0.29, 0.717) is 6.42 Å². The molecule has 0 unspecified atom stereocenters. The molecule has 0 spiro atoms. The molecular weight excluding hydrogens is 246 g/mol. The van der Waals surface area contributed by atoms with Crippen molar-refractivity contribution in [2.45, 2.75) is 58.8 Å². The lowest BCUT2D eigenvalue weighted by molar-refractivity contribution is -0.117. The van der Waals surface area contributed by atoms with Crippen LogP contribution in [-0.4, -0.2) is 12.5 Å². The maximum Gasteiger partial charge on any atom is 0.231 e. The topological polar surface area (TPSA) is 20.3 Å². The Labute approximate surface area is 123 Å². The summed E-state index contributed by atoms with van der Waals surface area (Å²) in [4.78, 5) is 13.2. The summed E-state index contributed by atoms with van der Waals surface area (Å²) in [6, 6.07) is 7.97. The van der Waals surface area contributed by atoms with E-state index < -0.39 is 0 Å². The second-order valence-corrected chi connectivity index (χ2v) is 6.04. The number of carbonyl (C=O) groups excluding carboxylic acids is 1. The van der Waals surface area contributed by atoms with Gasteiger partial charge in [-0.3, -0.25) is 4.79 Å². The summed E-state index contributed by atoms with van der Waals surface area (Å²) in [6.07, 6.45) is 9.50. The molecule has 2 aliphatic rings. The molecule has 0 aromatic heterocycles. The molecule has 1 aromatic carbocycles. The van der Waals surface area contributed by atoms with Crippen LogP contribution >= 0.6 is 0 Å². The van der Waals surface area contributed by atoms with E-state index >= 15 is 0 Å². The van der Waals surface area contributed by atoms with Gasteiger partial charge in [-0.25, -0.2) is 0 Å². The molecule has 1 saturated carbocycles. The Hall–Kier alpha value is -1.31. The molecule has 1 aliphatic heterocycles. The van der Waals surface area contributed by atoms with E-state index in [-0.39, 0.29) is 5.91 Å². The number of hydrogen-bond acceptors (Lipinski definition) is 1. The van der Waals surface area contributed by atoms with Gasteiger partial charge in [-0.05, 0) is 24.5 Å². The van der Waals surface area contributed by atoms with Crippen molar-refractivity contribution < 1.29 is 4.79 Å². The third kappa shape index (κ3) is 3.84. The summed E-state index contributed by atoms with van der Waals surface area (Å²) in [7, 11) is 0. The number of benzene rings is 1. The first-order valence-electron chi connectivity index (χ1n) is 8.10. The molecule has 0 radical (unpaired) electrons. The van der Waals surface area contributed by atoms with E-state index in [1.807, 2.05) is 36.1 Å². The predicted octanol–water partition coefficient (Wildman–Crippen LogP) is 4.57. The van der Waals surface area contributed by atoms with Crippen LogP contribution < -0.4 is 4.90 Å². The zero-order valence-electron chi connectivity index (χ0n) is 12.9. The Kier molecular flexibility index (Phi) is 5.63. The van der Waals surface area contributed by atoms with Crippen LogP contribution in [0.4, 0.5) is 5.69 Å². The Bertz CT molecular complexity index is 433. The molecule has 1 amide bonds. The van der Waals surface area contributed by atoms with Crippen molar-refractivity contribution in [3.63, 3.8) is 0 Å². The molecular formula is C18H27NO. The minimum atomic E-state index is 0.221. The first-order valence-corrected chi connectivity index (χ1v) is 8.10. The number of amides is 1. The summed E-state index contributed by atoms with van der Waals surface area (Å²) >= 11 is 0. The van der Waals surface area contributed by atoms with E-state index in [2.05, 4.69) is 6.92 Å². The summed E-state index contributed by atoms with van der Waals surface area (Å²) in [5.74, 6) is 1.25. The lowest BCUT2D eigenvalue weighted by Crippen LogP contribution is -2.25. The normalized spacial score (nSPS) is 19.1. The fraction of sp³-hybridized carbons (Fsp3) is 0.611. The molecule has 0 atom stereocenters. The average molecular weight is 273 g/mol. The number of carbonyl (C=O) groups is 1. The van der Waals surface area contributed by atoms with Gasteiger partial charge in [-0.2, -0.15) is 0 Å². The van der Waals surface area contributed by atoms with Gasteiger partial charge in [0.2, 0.25) is 5.91 Å². The second kappa shape index (κ2) is 7.47. The van der Waals surface area contributed by atoms with E-state index in [1.54, 1.807) is 0 Å². The molecule has 1 fully saturated rings. The number of para-hydroxylation sites is 1.